The van der Waals surface area contributed by atoms with E-state index in [4.69, 9.17) is 5.73 Å². The van der Waals surface area contributed by atoms with Crippen molar-refractivity contribution in [1.82, 2.24) is 10.4 Å². The Morgan fingerprint density at radius 3 is 2.88 bits per heavy atom. The summed E-state index contributed by atoms with van der Waals surface area (Å²) >= 11 is 0. The standard InChI is InChI=1S/C3H3N3O2/c4-3(7)2-1-5-6-8-2/h1H,(H2,4,7). The van der Waals surface area contributed by atoms with Crippen LogP contribution in [0.5, 0.6) is 0 Å². The number of hydrogen-bond acceptors (Lipinski definition) is 4. The molecule has 0 radical (unpaired) electrons. The minimum absolute atomic E-state index is 0.0231. The Morgan fingerprint density at radius 2 is 2.62 bits per heavy atom. The van der Waals surface area contributed by atoms with Crippen molar-refractivity contribution in [2.45, 2.75) is 0 Å². The van der Waals surface area contributed by atoms with Crippen LogP contribution >= 0.6 is 0 Å². The molecule has 1 heterocycles. The van der Waals surface area contributed by atoms with Crippen molar-refractivity contribution >= 4 is 5.91 Å². The van der Waals surface area contributed by atoms with Crippen LogP contribution in [0.1, 0.15) is 10.6 Å². The molecule has 0 bridgehead atoms. The minimum Gasteiger partial charge on any atom is -0.363 e. The number of nitrogens with zero attached hydrogens (tertiary/aromatic N) is 2. The van der Waals surface area contributed by atoms with Gasteiger partial charge in [0.1, 0.15) is 6.20 Å². The molecular formula is C3H3N3O2. The molecule has 0 aromatic carbocycles. The van der Waals surface area contributed by atoms with Crippen LogP contribution in [0.15, 0.2) is 10.7 Å². The second-order valence-electron chi connectivity index (χ2n) is 1.15. The average molecular weight is 113 g/mol. The van der Waals surface area contributed by atoms with Crippen LogP contribution < -0.4 is 5.73 Å². The molecule has 5 heteroatoms. The summed E-state index contributed by atoms with van der Waals surface area (Å²) in [5.74, 6) is -0.681. The van der Waals surface area contributed by atoms with Gasteiger partial charge in [0.25, 0.3) is 5.91 Å². The van der Waals surface area contributed by atoms with Crippen LogP contribution in [-0.4, -0.2) is 16.3 Å². The highest BCUT2D eigenvalue weighted by molar-refractivity contribution is 5.89. The Kier molecular flexibility index (Phi) is 0.957. The van der Waals surface area contributed by atoms with Crippen LogP contribution in [0.4, 0.5) is 0 Å². The van der Waals surface area contributed by atoms with Crippen LogP contribution in [0, 0.1) is 0 Å². The van der Waals surface area contributed by atoms with E-state index in [1.165, 1.54) is 0 Å². The number of primary amides is 1. The van der Waals surface area contributed by atoms with Gasteiger partial charge in [0, 0.05) is 5.27 Å². The SMILES string of the molecule is NC(=O)c1cnno1. The molecule has 1 aromatic heterocycles. The number of nitrogens with two attached hydrogens (primary N) is 1. The topological polar surface area (TPSA) is 82.0 Å². The molecule has 42 valence electrons. The quantitative estimate of drug-likeness (QED) is 0.515. The third-order valence-corrected chi connectivity index (χ3v) is 0.604. The van der Waals surface area contributed by atoms with E-state index in [1.54, 1.807) is 0 Å². The van der Waals surface area contributed by atoms with Crippen LogP contribution in [0.2, 0.25) is 0 Å². The van der Waals surface area contributed by atoms with Gasteiger partial charge in [-0.2, -0.15) is 0 Å². The maximum absolute atomic E-state index is 10.1. The molecule has 0 aliphatic heterocycles. The smallest absolute Gasteiger partial charge is 0.289 e. The van der Waals surface area contributed by atoms with Gasteiger partial charge in [-0.05, 0) is 0 Å². The van der Waals surface area contributed by atoms with Gasteiger partial charge in [-0.1, -0.05) is 0 Å². The van der Waals surface area contributed by atoms with Gasteiger partial charge < -0.3 is 10.3 Å². The number of rotatable bonds is 1. The average Bonchev–Trinajstić information content (AvgIpc) is 2.12. The summed E-state index contributed by atoms with van der Waals surface area (Å²) in [6.07, 6.45) is 1.16. The molecule has 0 saturated carbocycles. The number of carbonyl (C=O) groups excluding carboxylic acids is 1. The second kappa shape index (κ2) is 1.61. The van der Waals surface area contributed by atoms with Crippen LogP contribution in [0.3, 0.4) is 0 Å². The molecule has 0 aliphatic rings. The fraction of sp³-hybridized carbons (Fsp3) is 0. The van der Waals surface area contributed by atoms with Gasteiger partial charge in [0.15, 0.2) is 0 Å². The molecule has 2 N–H and O–H groups in total. The first-order chi connectivity index (χ1) is 3.80. The predicted molar refractivity (Wildman–Crippen MR) is 22.8 cm³/mol. The lowest BCUT2D eigenvalue weighted by Crippen LogP contribution is -2.09. The van der Waals surface area contributed by atoms with Crippen molar-refractivity contribution in [1.29, 1.82) is 0 Å². The molecule has 0 spiro atoms. The normalized spacial score (nSPS) is 9.00. The second-order valence-corrected chi connectivity index (χ2v) is 1.15. The third-order valence-electron chi connectivity index (χ3n) is 0.604. The van der Waals surface area contributed by atoms with Gasteiger partial charge in [-0.15, -0.1) is 5.10 Å². The maximum atomic E-state index is 10.1. The molecule has 5 nitrogen and oxygen atoms in total. The van der Waals surface area contributed by atoms with E-state index in [1.807, 2.05) is 0 Å². The number of aromatic nitrogens is 2. The largest absolute Gasteiger partial charge is 0.363 e. The molecule has 8 heavy (non-hydrogen) atoms. The Morgan fingerprint density at radius 1 is 1.88 bits per heavy atom. The summed E-state index contributed by atoms with van der Waals surface area (Å²) in [6, 6.07) is 0. The summed E-state index contributed by atoms with van der Waals surface area (Å²) in [6.45, 7) is 0. The van der Waals surface area contributed by atoms with Crippen molar-refractivity contribution in [3.8, 4) is 0 Å². The Bertz CT molecular complexity index is 180. The van der Waals surface area contributed by atoms with Gasteiger partial charge in [-0.3, -0.25) is 4.79 Å². The highest BCUT2D eigenvalue weighted by Crippen LogP contribution is 1.88. The van der Waals surface area contributed by atoms with Crippen molar-refractivity contribution in [3.63, 3.8) is 0 Å². The monoisotopic (exact) mass is 113 g/mol. The molecular weight excluding hydrogens is 110 g/mol. The molecule has 0 aliphatic carbocycles. The Balaban J connectivity index is 2.93. The highest BCUT2D eigenvalue weighted by atomic mass is 16.5. The van der Waals surface area contributed by atoms with E-state index < -0.39 is 5.91 Å². The van der Waals surface area contributed by atoms with Gasteiger partial charge in [0.05, 0.1) is 0 Å². The summed E-state index contributed by atoms with van der Waals surface area (Å²) < 4.78 is 4.26. The van der Waals surface area contributed by atoms with Crippen molar-refractivity contribution in [2.75, 3.05) is 0 Å². The fourth-order valence-corrected chi connectivity index (χ4v) is 0.276. The van der Waals surface area contributed by atoms with E-state index in [0.29, 0.717) is 0 Å². The first-order valence-corrected chi connectivity index (χ1v) is 1.88. The van der Waals surface area contributed by atoms with Crippen LogP contribution in [0.25, 0.3) is 0 Å². The summed E-state index contributed by atoms with van der Waals surface area (Å²) in [5.41, 5.74) is 4.75. The third kappa shape index (κ3) is 0.651. The van der Waals surface area contributed by atoms with Gasteiger partial charge in [0.2, 0.25) is 5.76 Å². The molecule has 1 aromatic rings. The first kappa shape index (κ1) is 4.76. The Labute approximate surface area is 44.5 Å². The molecule has 0 unspecified atom stereocenters. The minimum atomic E-state index is -0.657. The van der Waals surface area contributed by atoms with E-state index in [-0.39, 0.29) is 5.76 Å². The van der Waals surface area contributed by atoms with E-state index in [2.05, 4.69) is 14.9 Å². The number of amides is 1. The zero-order valence-electron chi connectivity index (χ0n) is 3.87. The molecule has 0 fully saturated rings. The summed E-state index contributed by atoms with van der Waals surface area (Å²) in [4.78, 5) is 10.1. The lowest BCUT2D eigenvalue weighted by atomic mass is 10.5. The molecule has 0 saturated heterocycles. The Hall–Kier alpha value is -1.39. The first-order valence-electron chi connectivity index (χ1n) is 1.88. The summed E-state index contributed by atoms with van der Waals surface area (Å²) in [5, 5.41) is 6.24. The number of carbonyl (C=O) groups is 1. The zero-order chi connectivity index (χ0) is 5.98. The maximum Gasteiger partial charge on any atom is 0.289 e. The van der Waals surface area contributed by atoms with E-state index in [0.717, 1.165) is 6.20 Å². The van der Waals surface area contributed by atoms with Crippen molar-refractivity contribution in [2.24, 2.45) is 5.73 Å². The molecule has 0 atom stereocenters. The fourth-order valence-electron chi connectivity index (χ4n) is 0.276. The van der Waals surface area contributed by atoms with E-state index >= 15 is 0 Å². The van der Waals surface area contributed by atoms with Crippen molar-refractivity contribution < 1.29 is 9.32 Å². The van der Waals surface area contributed by atoms with E-state index in [9.17, 15) is 4.79 Å². The lowest BCUT2D eigenvalue weighted by molar-refractivity contribution is 0.0964. The number of hydrogen-bond donors (Lipinski definition) is 1. The molecule has 1 rings (SSSR count). The lowest BCUT2D eigenvalue weighted by Gasteiger charge is -1.76. The summed E-state index contributed by atoms with van der Waals surface area (Å²) in [7, 11) is 0. The predicted octanol–water partition coefficient (Wildman–Crippen LogP) is -0.832. The van der Waals surface area contributed by atoms with Crippen molar-refractivity contribution in [3.05, 3.63) is 12.0 Å². The van der Waals surface area contributed by atoms with Gasteiger partial charge in [-0.25, -0.2) is 0 Å². The molecule has 1 amide bonds. The zero-order valence-corrected chi connectivity index (χ0v) is 3.87. The van der Waals surface area contributed by atoms with Crippen LogP contribution in [-0.2, 0) is 0 Å². The highest BCUT2D eigenvalue weighted by Gasteiger charge is 2.02. The van der Waals surface area contributed by atoms with Gasteiger partial charge >= 0.3 is 0 Å².